The zero-order valence-electron chi connectivity index (χ0n) is 11.3. The van der Waals surface area contributed by atoms with Gasteiger partial charge in [0, 0.05) is 27.3 Å². The van der Waals surface area contributed by atoms with Crippen LogP contribution in [0.15, 0.2) is 12.1 Å². The minimum atomic E-state index is -0.230. The number of nitrogens with one attached hydrogen (secondary N) is 2. The smallest absolute Gasteiger partial charge is 0.271 e. The molecular formula is C12H20N4O3. The minimum Gasteiger partial charge on any atom is -0.382 e. The monoisotopic (exact) mass is 268 g/mol. The Morgan fingerprint density at radius 3 is 2.74 bits per heavy atom. The van der Waals surface area contributed by atoms with Crippen LogP contribution < -0.4 is 10.6 Å². The lowest BCUT2D eigenvalue weighted by atomic mass is 10.3. The van der Waals surface area contributed by atoms with E-state index in [0.717, 1.165) is 6.42 Å². The van der Waals surface area contributed by atoms with E-state index < -0.39 is 0 Å². The van der Waals surface area contributed by atoms with Gasteiger partial charge in [0.2, 0.25) is 0 Å². The van der Waals surface area contributed by atoms with Crippen molar-refractivity contribution in [1.82, 2.24) is 15.5 Å². The van der Waals surface area contributed by atoms with E-state index in [1.807, 2.05) is 0 Å². The summed E-state index contributed by atoms with van der Waals surface area (Å²) < 4.78 is 10.1. The van der Waals surface area contributed by atoms with E-state index in [-0.39, 0.29) is 5.91 Å². The van der Waals surface area contributed by atoms with Gasteiger partial charge in [0.05, 0.1) is 13.2 Å². The van der Waals surface area contributed by atoms with Crippen molar-refractivity contribution in [3.8, 4) is 0 Å². The lowest BCUT2D eigenvalue weighted by Crippen LogP contribution is -2.26. The van der Waals surface area contributed by atoms with E-state index in [4.69, 9.17) is 9.47 Å². The number of carbonyl (C=O) groups is 1. The molecule has 0 aliphatic carbocycles. The molecule has 0 unspecified atom stereocenters. The molecule has 1 aromatic rings. The molecule has 1 aromatic heterocycles. The van der Waals surface area contributed by atoms with Gasteiger partial charge in [-0.25, -0.2) is 0 Å². The average Bonchev–Trinajstić information content (AvgIpc) is 2.46. The molecule has 0 saturated carbocycles. The Hall–Kier alpha value is -1.73. The van der Waals surface area contributed by atoms with Crippen molar-refractivity contribution in [2.75, 3.05) is 45.8 Å². The number of anilines is 1. The third-order valence-corrected chi connectivity index (χ3v) is 2.34. The van der Waals surface area contributed by atoms with Gasteiger partial charge in [0.15, 0.2) is 5.69 Å². The van der Waals surface area contributed by atoms with Crippen molar-refractivity contribution < 1.29 is 14.3 Å². The van der Waals surface area contributed by atoms with Gasteiger partial charge in [-0.3, -0.25) is 4.79 Å². The van der Waals surface area contributed by atoms with Crippen LogP contribution in [0.1, 0.15) is 16.9 Å². The highest BCUT2D eigenvalue weighted by molar-refractivity contribution is 5.92. The number of methoxy groups -OCH3 is 1. The van der Waals surface area contributed by atoms with Crippen LogP contribution in [0, 0.1) is 0 Å². The van der Waals surface area contributed by atoms with Gasteiger partial charge < -0.3 is 20.1 Å². The number of nitrogens with zero attached hydrogens (tertiary/aromatic N) is 2. The molecule has 0 spiro atoms. The summed E-state index contributed by atoms with van der Waals surface area (Å²) in [6, 6.07) is 3.33. The van der Waals surface area contributed by atoms with E-state index in [9.17, 15) is 4.79 Å². The van der Waals surface area contributed by atoms with Gasteiger partial charge in [-0.2, -0.15) is 0 Å². The molecular weight excluding hydrogens is 248 g/mol. The average molecular weight is 268 g/mol. The first-order valence-corrected chi connectivity index (χ1v) is 6.14. The number of hydrogen-bond donors (Lipinski definition) is 2. The highest BCUT2D eigenvalue weighted by Gasteiger charge is 2.06. The SMILES string of the molecule is CNc1ccc(C(=O)NCCCOCCOC)nn1. The first-order valence-electron chi connectivity index (χ1n) is 6.14. The Kier molecular flexibility index (Phi) is 7.45. The largest absolute Gasteiger partial charge is 0.382 e. The molecule has 7 nitrogen and oxygen atoms in total. The van der Waals surface area contributed by atoms with Crippen molar-refractivity contribution in [2.45, 2.75) is 6.42 Å². The highest BCUT2D eigenvalue weighted by atomic mass is 16.5. The summed E-state index contributed by atoms with van der Waals surface area (Å²) in [7, 11) is 3.37. The maximum Gasteiger partial charge on any atom is 0.271 e. The Morgan fingerprint density at radius 2 is 2.11 bits per heavy atom. The van der Waals surface area contributed by atoms with Crippen LogP contribution in [0.3, 0.4) is 0 Å². The summed E-state index contributed by atoms with van der Waals surface area (Å²) >= 11 is 0. The van der Waals surface area contributed by atoms with E-state index >= 15 is 0 Å². The van der Waals surface area contributed by atoms with E-state index in [1.54, 1.807) is 26.3 Å². The third-order valence-electron chi connectivity index (χ3n) is 2.34. The number of aromatic nitrogens is 2. The van der Waals surface area contributed by atoms with Gasteiger partial charge in [-0.15, -0.1) is 10.2 Å². The lowest BCUT2D eigenvalue weighted by Gasteiger charge is -2.05. The van der Waals surface area contributed by atoms with Gasteiger partial charge in [0.1, 0.15) is 5.82 Å². The van der Waals surface area contributed by atoms with E-state index in [2.05, 4.69) is 20.8 Å². The quantitative estimate of drug-likeness (QED) is 0.627. The van der Waals surface area contributed by atoms with E-state index in [1.165, 1.54) is 0 Å². The molecule has 106 valence electrons. The van der Waals surface area contributed by atoms with Crippen molar-refractivity contribution in [2.24, 2.45) is 0 Å². The molecule has 0 atom stereocenters. The van der Waals surface area contributed by atoms with Crippen LogP contribution in [0.25, 0.3) is 0 Å². The maximum absolute atomic E-state index is 11.7. The van der Waals surface area contributed by atoms with Gasteiger partial charge >= 0.3 is 0 Å². The second-order valence-electron chi connectivity index (χ2n) is 3.77. The zero-order valence-corrected chi connectivity index (χ0v) is 11.3. The van der Waals surface area contributed by atoms with Crippen molar-refractivity contribution in [3.05, 3.63) is 17.8 Å². The molecule has 2 N–H and O–H groups in total. The first kappa shape index (κ1) is 15.3. The van der Waals surface area contributed by atoms with Crippen LogP contribution >= 0.6 is 0 Å². The summed E-state index contributed by atoms with van der Waals surface area (Å²) in [5.74, 6) is 0.398. The molecule has 0 fully saturated rings. The molecule has 19 heavy (non-hydrogen) atoms. The summed E-state index contributed by atoms with van der Waals surface area (Å²) in [5.41, 5.74) is 0.305. The number of hydrogen-bond acceptors (Lipinski definition) is 6. The van der Waals surface area contributed by atoms with Gasteiger partial charge in [0.25, 0.3) is 5.91 Å². The number of amides is 1. The second-order valence-corrected chi connectivity index (χ2v) is 3.77. The zero-order chi connectivity index (χ0) is 13.9. The Bertz CT molecular complexity index is 370. The number of carbonyl (C=O) groups excluding carboxylic acids is 1. The maximum atomic E-state index is 11.7. The predicted octanol–water partition coefficient (Wildman–Crippen LogP) is 0.301. The van der Waals surface area contributed by atoms with Crippen LogP contribution in [0.5, 0.6) is 0 Å². The first-order chi connectivity index (χ1) is 9.27. The standard InChI is InChI=1S/C12H20N4O3/c1-13-11-5-4-10(15-16-11)12(17)14-6-3-7-19-9-8-18-2/h4-5H,3,6-9H2,1-2H3,(H,13,16)(H,14,17). The molecule has 1 amide bonds. The van der Waals surface area contributed by atoms with Crippen LogP contribution in [-0.4, -0.2) is 56.6 Å². The van der Waals surface area contributed by atoms with Gasteiger partial charge in [-0.05, 0) is 18.6 Å². The van der Waals surface area contributed by atoms with Crippen molar-refractivity contribution >= 4 is 11.7 Å². The summed E-state index contributed by atoms with van der Waals surface area (Å²) in [6.45, 7) is 2.29. The Labute approximate surface area is 112 Å². The fraction of sp³-hybridized carbons (Fsp3) is 0.583. The molecule has 0 aliphatic heterocycles. The third kappa shape index (κ3) is 6.12. The van der Waals surface area contributed by atoms with Gasteiger partial charge in [-0.1, -0.05) is 0 Å². The summed E-state index contributed by atoms with van der Waals surface area (Å²) in [5, 5.41) is 13.2. The highest BCUT2D eigenvalue weighted by Crippen LogP contribution is 2.00. The second kappa shape index (κ2) is 9.23. The molecule has 7 heteroatoms. The number of ether oxygens (including phenoxy) is 2. The number of rotatable bonds is 9. The van der Waals surface area contributed by atoms with Crippen LogP contribution in [0.4, 0.5) is 5.82 Å². The minimum absolute atomic E-state index is 0.230. The Morgan fingerprint density at radius 1 is 1.26 bits per heavy atom. The van der Waals surface area contributed by atoms with Crippen molar-refractivity contribution in [3.63, 3.8) is 0 Å². The molecule has 0 saturated heterocycles. The molecule has 1 rings (SSSR count). The molecule has 0 aliphatic rings. The van der Waals surface area contributed by atoms with Crippen LogP contribution in [-0.2, 0) is 9.47 Å². The summed E-state index contributed by atoms with van der Waals surface area (Å²) in [4.78, 5) is 11.7. The molecule has 0 aromatic carbocycles. The Balaban J connectivity index is 2.16. The normalized spacial score (nSPS) is 10.2. The fourth-order valence-electron chi connectivity index (χ4n) is 1.30. The molecule has 0 bridgehead atoms. The van der Waals surface area contributed by atoms with E-state index in [0.29, 0.717) is 37.9 Å². The predicted molar refractivity (Wildman–Crippen MR) is 71.2 cm³/mol. The topological polar surface area (TPSA) is 85.4 Å². The van der Waals surface area contributed by atoms with Crippen LogP contribution in [0.2, 0.25) is 0 Å². The lowest BCUT2D eigenvalue weighted by molar-refractivity contribution is 0.0688. The molecule has 0 radical (unpaired) electrons. The summed E-state index contributed by atoms with van der Waals surface area (Å²) in [6.07, 6.45) is 0.748. The van der Waals surface area contributed by atoms with Crippen molar-refractivity contribution in [1.29, 1.82) is 0 Å². The fourth-order valence-corrected chi connectivity index (χ4v) is 1.30. The molecule has 1 heterocycles.